The highest BCUT2D eigenvalue weighted by molar-refractivity contribution is 5.95. The normalized spacial score (nSPS) is 25.8. The van der Waals surface area contributed by atoms with Gasteiger partial charge in [-0.15, -0.1) is 0 Å². The topological polar surface area (TPSA) is 77.9 Å². The van der Waals surface area contributed by atoms with Crippen LogP contribution >= 0.6 is 0 Å². The molecular formula is C20H24N2O4. The zero-order chi connectivity index (χ0) is 18.3. The molecule has 0 bridgehead atoms. The summed E-state index contributed by atoms with van der Waals surface area (Å²) in [5.41, 5.74) is 1.60. The molecule has 2 aliphatic heterocycles. The standard InChI is InChI=1S/C20H24N2O4/c23-18-2-1-9-21(18)10-13-3-5-15(6-4-13)19(24)22-11-16(14-7-8-14)17(12-22)20(25)26/h3-6,14,16-17H,1-2,7-12H2,(H,25,26)/t16-,17+/m1/s1. The van der Waals surface area contributed by atoms with Gasteiger partial charge in [0.1, 0.15) is 0 Å². The number of benzene rings is 1. The van der Waals surface area contributed by atoms with Crippen LogP contribution in [0.15, 0.2) is 24.3 Å². The molecule has 1 aromatic rings. The van der Waals surface area contributed by atoms with Crippen LogP contribution in [0.2, 0.25) is 0 Å². The third-order valence-corrected chi connectivity index (χ3v) is 5.94. The van der Waals surface area contributed by atoms with Crippen LogP contribution in [0.5, 0.6) is 0 Å². The number of amides is 2. The Morgan fingerprint density at radius 1 is 1.12 bits per heavy atom. The Balaban J connectivity index is 1.41. The van der Waals surface area contributed by atoms with E-state index in [1.165, 1.54) is 0 Å². The third-order valence-electron chi connectivity index (χ3n) is 5.94. The molecule has 3 aliphatic rings. The first kappa shape index (κ1) is 17.1. The molecule has 2 amide bonds. The molecule has 1 aliphatic carbocycles. The van der Waals surface area contributed by atoms with E-state index < -0.39 is 11.9 Å². The summed E-state index contributed by atoms with van der Waals surface area (Å²) in [7, 11) is 0. The van der Waals surface area contributed by atoms with Crippen LogP contribution < -0.4 is 0 Å². The first-order chi connectivity index (χ1) is 12.5. The van der Waals surface area contributed by atoms with Gasteiger partial charge in [-0.2, -0.15) is 0 Å². The summed E-state index contributed by atoms with van der Waals surface area (Å²) in [6.45, 7) is 2.23. The van der Waals surface area contributed by atoms with Gasteiger partial charge in [-0.3, -0.25) is 14.4 Å². The van der Waals surface area contributed by atoms with Gasteiger partial charge < -0.3 is 14.9 Å². The predicted molar refractivity (Wildman–Crippen MR) is 94.3 cm³/mol. The van der Waals surface area contributed by atoms with Crippen molar-refractivity contribution >= 4 is 17.8 Å². The highest BCUT2D eigenvalue weighted by Crippen LogP contribution is 2.44. The van der Waals surface area contributed by atoms with Crippen LogP contribution in [0.4, 0.5) is 0 Å². The maximum atomic E-state index is 12.8. The van der Waals surface area contributed by atoms with Gasteiger partial charge in [0, 0.05) is 38.2 Å². The van der Waals surface area contributed by atoms with E-state index in [-0.39, 0.29) is 17.7 Å². The van der Waals surface area contributed by atoms with Gasteiger partial charge in [0.2, 0.25) is 5.91 Å². The van der Waals surface area contributed by atoms with Crippen molar-refractivity contribution in [2.75, 3.05) is 19.6 Å². The van der Waals surface area contributed by atoms with Crippen LogP contribution in [0.1, 0.15) is 41.6 Å². The quantitative estimate of drug-likeness (QED) is 0.875. The summed E-state index contributed by atoms with van der Waals surface area (Å²) in [6.07, 6.45) is 3.70. The molecule has 2 heterocycles. The number of nitrogens with zero attached hydrogens (tertiary/aromatic N) is 2. The molecular weight excluding hydrogens is 332 g/mol. The van der Waals surface area contributed by atoms with Gasteiger partial charge in [-0.25, -0.2) is 0 Å². The highest BCUT2D eigenvalue weighted by Gasteiger charge is 2.46. The SMILES string of the molecule is O=C(O)[C@H]1CN(C(=O)c2ccc(CN3CCCC3=O)cc2)C[C@@H]1C1CC1. The predicted octanol–water partition coefficient (Wildman–Crippen LogP) is 1.99. The van der Waals surface area contributed by atoms with Crippen molar-refractivity contribution < 1.29 is 19.5 Å². The Morgan fingerprint density at radius 3 is 2.42 bits per heavy atom. The lowest BCUT2D eigenvalue weighted by atomic mass is 9.92. The van der Waals surface area contributed by atoms with Crippen LogP contribution in [-0.4, -0.2) is 52.3 Å². The minimum atomic E-state index is -0.789. The summed E-state index contributed by atoms with van der Waals surface area (Å²) in [6, 6.07) is 7.36. The monoisotopic (exact) mass is 356 g/mol. The zero-order valence-electron chi connectivity index (χ0n) is 14.8. The highest BCUT2D eigenvalue weighted by atomic mass is 16.4. The Morgan fingerprint density at radius 2 is 1.85 bits per heavy atom. The second-order valence-corrected chi connectivity index (χ2v) is 7.77. The molecule has 1 saturated carbocycles. The van der Waals surface area contributed by atoms with Crippen LogP contribution in [0.3, 0.4) is 0 Å². The van der Waals surface area contributed by atoms with E-state index in [1.54, 1.807) is 17.0 Å². The molecule has 0 radical (unpaired) electrons. The van der Waals surface area contributed by atoms with E-state index >= 15 is 0 Å². The smallest absolute Gasteiger partial charge is 0.308 e. The minimum Gasteiger partial charge on any atom is -0.481 e. The summed E-state index contributed by atoms with van der Waals surface area (Å²) < 4.78 is 0. The summed E-state index contributed by atoms with van der Waals surface area (Å²) in [5, 5.41) is 9.45. The van der Waals surface area contributed by atoms with Crippen LogP contribution in [-0.2, 0) is 16.1 Å². The number of carboxylic acid groups (broad SMARTS) is 1. The Hall–Kier alpha value is -2.37. The molecule has 1 N–H and O–H groups in total. The zero-order valence-corrected chi connectivity index (χ0v) is 14.8. The van der Waals surface area contributed by atoms with E-state index in [0.717, 1.165) is 31.4 Å². The van der Waals surface area contributed by atoms with E-state index in [2.05, 4.69) is 0 Å². The van der Waals surface area contributed by atoms with Crippen molar-refractivity contribution in [2.24, 2.45) is 17.8 Å². The third kappa shape index (κ3) is 3.32. The number of hydrogen-bond acceptors (Lipinski definition) is 3. The lowest BCUT2D eigenvalue weighted by Crippen LogP contribution is -2.30. The average molecular weight is 356 g/mol. The van der Waals surface area contributed by atoms with Crippen molar-refractivity contribution in [1.29, 1.82) is 0 Å². The number of likely N-dealkylation sites (tertiary alicyclic amines) is 2. The molecule has 0 spiro atoms. The van der Waals surface area contributed by atoms with E-state index in [4.69, 9.17) is 0 Å². The molecule has 4 rings (SSSR count). The van der Waals surface area contributed by atoms with Crippen molar-refractivity contribution in [2.45, 2.75) is 32.2 Å². The summed E-state index contributed by atoms with van der Waals surface area (Å²) >= 11 is 0. The summed E-state index contributed by atoms with van der Waals surface area (Å²) in [5.74, 6) is -0.572. The molecule has 2 saturated heterocycles. The fourth-order valence-electron chi connectivity index (χ4n) is 4.28. The van der Waals surface area contributed by atoms with E-state index in [9.17, 15) is 19.5 Å². The van der Waals surface area contributed by atoms with Crippen LogP contribution in [0, 0.1) is 17.8 Å². The Kier molecular flexibility index (Phi) is 4.42. The second-order valence-electron chi connectivity index (χ2n) is 7.77. The lowest BCUT2D eigenvalue weighted by Gasteiger charge is -2.18. The van der Waals surface area contributed by atoms with Crippen LogP contribution in [0.25, 0.3) is 0 Å². The van der Waals surface area contributed by atoms with E-state index in [1.807, 2.05) is 17.0 Å². The minimum absolute atomic E-state index is 0.0943. The molecule has 26 heavy (non-hydrogen) atoms. The first-order valence-corrected chi connectivity index (χ1v) is 9.41. The molecule has 3 fully saturated rings. The Bertz CT molecular complexity index is 726. The fourth-order valence-corrected chi connectivity index (χ4v) is 4.28. The van der Waals surface area contributed by atoms with Crippen molar-refractivity contribution in [3.63, 3.8) is 0 Å². The van der Waals surface area contributed by atoms with Crippen molar-refractivity contribution in [3.8, 4) is 0 Å². The van der Waals surface area contributed by atoms with Crippen molar-refractivity contribution in [3.05, 3.63) is 35.4 Å². The number of carboxylic acids is 1. The maximum Gasteiger partial charge on any atom is 0.308 e. The molecule has 2 atom stereocenters. The van der Waals surface area contributed by atoms with E-state index in [0.29, 0.717) is 37.5 Å². The molecule has 138 valence electrons. The van der Waals surface area contributed by atoms with Gasteiger partial charge in [-0.1, -0.05) is 12.1 Å². The Labute approximate surface area is 152 Å². The number of carbonyl (C=O) groups is 3. The lowest BCUT2D eigenvalue weighted by molar-refractivity contribution is -0.142. The average Bonchev–Trinajstić information content (AvgIpc) is 3.25. The second kappa shape index (κ2) is 6.74. The number of hydrogen-bond donors (Lipinski definition) is 1. The molecule has 6 nitrogen and oxygen atoms in total. The first-order valence-electron chi connectivity index (χ1n) is 9.41. The molecule has 0 aromatic heterocycles. The maximum absolute atomic E-state index is 12.8. The molecule has 6 heteroatoms. The van der Waals surface area contributed by atoms with Crippen molar-refractivity contribution in [1.82, 2.24) is 9.80 Å². The van der Waals surface area contributed by atoms with Gasteiger partial charge in [0.05, 0.1) is 5.92 Å². The number of rotatable bonds is 5. The molecule has 1 aromatic carbocycles. The van der Waals surface area contributed by atoms with Gasteiger partial charge in [-0.05, 0) is 48.8 Å². The summed E-state index contributed by atoms with van der Waals surface area (Å²) in [4.78, 5) is 39.6. The molecule has 0 unspecified atom stereocenters. The number of aliphatic carboxylic acids is 1. The largest absolute Gasteiger partial charge is 0.481 e. The van der Waals surface area contributed by atoms with Gasteiger partial charge >= 0.3 is 5.97 Å². The van der Waals surface area contributed by atoms with Gasteiger partial charge in [0.15, 0.2) is 0 Å². The fraction of sp³-hybridized carbons (Fsp3) is 0.550. The number of carbonyl (C=O) groups excluding carboxylic acids is 2. The van der Waals surface area contributed by atoms with Gasteiger partial charge in [0.25, 0.3) is 5.91 Å².